The Kier molecular flexibility index (Phi) is 5.96. The minimum Gasteiger partial charge on any atom is -0.463 e. The zero-order chi connectivity index (χ0) is 17.7. The lowest BCUT2D eigenvalue weighted by atomic mass is 10.0. The topological polar surface area (TPSA) is 74.5 Å². The summed E-state index contributed by atoms with van der Waals surface area (Å²) in [5.74, 6) is 1.15. The van der Waals surface area contributed by atoms with Gasteiger partial charge >= 0.3 is 6.03 Å². The fraction of sp³-hybridized carbons (Fsp3) is 0.389. The molecule has 2 rings (SSSR count). The van der Waals surface area contributed by atoms with Gasteiger partial charge in [0, 0.05) is 11.4 Å². The molecule has 0 saturated carbocycles. The van der Waals surface area contributed by atoms with Crippen LogP contribution in [0.4, 0.5) is 4.79 Å². The molecule has 0 aliphatic carbocycles. The van der Waals surface area contributed by atoms with Crippen molar-refractivity contribution >= 4 is 17.8 Å². The van der Waals surface area contributed by atoms with Crippen LogP contribution in [0.2, 0.25) is 0 Å². The summed E-state index contributed by atoms with van der Waals surface area (Å²) in [5, 5.41) is 15.9. The van der Waals surface area contributed by atoms with Crippen LogP contribution in [-0.2, 0) is 12.1 Å². The molecule has 1 aromatic carbocycles. The first kappa shape index (κ1) is 18.4. The van der Waals surface area contributed by atoms with E-state index in [9.17, 15) is 9.90 Å². The van der Waals surface area contributed by atoms with Crippen LogP contribution in [0.1, 0.15) is 29.6 Å². The van der Waals surface area contributed by atoms with Crippen molar-refractivity contribution in [3.63, 3.8) is 0 Å². The van der Waals surface area contributed by atoms with Crippen LogP contribution in [0.3, 0.4) is 0 Å². The van der Waals surface area contributed by atoms with Crippen LogP contribution in [0.15, 0.2) is 39.6 Å². The van der Waals surface area contributed by atoms with Crippen molar-refractivity contribution in [2.75, 3.05) is 12.8 Å². The molecule has 1 unspecified atom stereocenters. The van der Waals surface area contributed by atoms with Crippen LogP contribution >= 0.6 is 11.8 Å². The Bertz CT molecular complexity index is 710. The van der Waals surface area contributed by atoms with Crippen LogP contribution in [-0.4, -0.2) is 23.9 Å². The highest BCUT2D eigenvalue weighted by Crippen LogP contribution is 2.22. The highest BCUT2D eigenvalue weighted by atomic mass is 32.2. The lowest BCUT2D eigenvalue weighted by Gasteiger charge is -2.21. The molecule has 0 radical (unpaired) electrons. The molecular weight excluding hydrogens is 324 g/mol. The second-order valence-electron chi connectivity index (χ2n) is 6.04. The Morgan fingerprint density at radius 2 is 2.00 bits per heavy atom. The molecule has 0 fully saturated rings. The monoisotopic (exact) mass is 348 g/mol. The molecule has 0 aliphatic heterocycles. The van der Waals surface area contributed by atoms with Crippen molar-refractivity contribution in [2.45, 2.75) is 37.8 Å². The fourth-order valence-corrected chi connectivity index (χ4v) is 3.01. The molecule has 0 spiro atoms. The molecule has 0 aliphatic rings. The Hall–Kier alpha value is -1.92. The highest BCUT2D eigenvalue weighted by Gasteiger charge is 2.27. The second-order valence-corrected chi connectivity index (χ2v) is 6.88. The number of amides is 2. The number of rotatable bonds is 6. The van der Waals surface area contributed by atoms with E-state index in [4.69, 9.17) is 4.42 Å². The van der Waals surface area contributed by atoms with Gasteiger partial charge in [0.15, 0.2) is 0 Å². The van der Waals surface area contributed by atoms with Crippen molar-refractivity contribution in [3.05, 3.63) is 53.0 Å². The van der Waals surface area contributed by atoms with Gasteiger partial charge in [-0.05, 0) is 56.4 Å². The summed E-state index contributed by atoms with van der Waals surface area (Å²) in [5.41, 5.74) is 1.01. The lowest BCUT2D eigenvalue weighted by molar-refractivity contribution is 0.0359. The van der Waals surface area contributed by atoms with Gasteiger partial charge in [0.25, 0.3) is 0 Å². The minimum absolute atomic E-state index is 0.0646. The fourth-order valence-electron chi connectivity index (χ4n) is 2.30. The Morgan fingerprint density at radius 3 is 2.62 bits per heavy atom. The van der Waals surface area contributed by atoms with Crippen molar-refractivity contribution < 1.29 is 14.3 Å². The van der Waals surface area contributed by atoms with E-state index >= 15 is 0 Å². The molecule has 0 bridgehead atoms. The standard InChI is InChI=1S/C18H24N2O3S/c1-12-5-7-14(15(9-12)24-4)10-19-17(21)20-11-18(3,22)16-8-6-13(2)23-16/h5-9,22H,10-11H2,1-4H3,(H2,19,20,21). The largest absolute Gasteiger partial charge is 0.463 e. The molecule has 24 heavy (non-hydrogen) atoms. The van der Waals surface area contributed by atoms with Crippen LogP contribution in [0, 0.1) is 13.8 Å². The molecule has 130 valence electrons. The predicted molar refractivity (Wildman–Crippen MR) is 96.2 cm³/mol. The average molecular weight is 348 g/mol. The number of carbonyl (C=O) groups excluding carboxylic acids is 1. The van der Waals surface area contributed by atoms with Gasteiger partial charge in [-0.25, -0.2) is 4.79 Å². The minimum atomic E-state index is -1.25. The number of aryl methyl sites for hydroxylation is 2. The van der Waals surface area contributed by atoms with Gasteiger partial charge in [0.05, 0.1) is 6.54 Å². The zero-order valence-electron chi connectivity index (χ0n) is 14.5. The highest BCUT2D eigenvalue weighted by molar-refractivity contribution is 7.98. The number of nitrogens with one attached hydrogen (secondary N) is 2. The van der Waals surface area contributed by atoms with Gasteiger partial charge in [0.1, 0.15) is 17.1 Å². The summed E-state index contributed by atoms with van der Waals surface area (Å²) in [7, 11) is 0. The molecule has 1 heterocycles. The van der Waals surface area contributed by atoms with Crippen molar-refractivity contribution in [3.8, 4) is 0 Å². The number of hydrogen-bond acceptors (Lipinski definition) is 4. The van der Waals surface area contributed by atoms with E-state index in [1.54, 1.807) is 30.8 Å². The normalized spacial score (nSPS) is 13.4. The first-order valence-electron chi connectivity index (χ1n) is 7.76. The number of carbonyl (C=O) groups is 1. The quantitative estimate of drug-likeness (QED) is 0.700. The molecule has 2 aromatic rings. The number of benzene rings is 1. The van der Waals surface area contributed by atoms with Crippen LogP contribution in [0.25, 0.3) is 0 Å². The molecule has 5 nitrogen and oxygen atoms in total. The number of furan rings is 1. The van der Waals surface area contributed by atoms with Crippen molar-refractivity contribution in [1.82, 2.24) is 10.6 Å². The number of thioether (sulfide) groups is 1. The maximum absolute atomic E-state index is 12.0. The third kappa shape index (κ3) is 4.79. The molecular formula is C18H24N2O3S. The van der Waals surface area contributed by atoms with Crippen molar-refractivity contribution in [2.24, 2.45) is 0 Å². The lowest BCUT2D eigenvalue weighted by Crippen LogP contribution is -2.43. The average Bonchev–Trinajstić information content (AvgIpc) is 2.99. The molecule has 6 heteroatoms. The van der Waals surface area contributed by atoms with Gasteiger partial charge in [-0.1, -0.05) is 12.1 Å². The molecule has 0 saturated heterocycles. The Labute approximate surface area is 146 Å². The molecule has 1 aromatic heterocycles. The summed E-state index contributed by atoms with van der Waals surface area (Å²) >= 11 is 1.65. The van der Waals surface area contributed by atoms with E-state index in [2.05, 4.69) is 16.7 Å². The van der Waals surface area contributed by atoms with Gasteiger partial charge < -0.3 is 20.2 Å². The van der Waals surface area contributed by atoms with Gasteiger partial charge in [-0.2, -0.15) is 0 Å². The van der Waals surface area contributed by atoms with Gasteiger partial charge in [-0.15, -0.1) is 11.8 Å². The van der Waals surface area contributed by atoms with E-state index in [-0.39, 0.29) is 12.6 Å². The first-order chi connectivity index (χ1) is 11.3. The number of hydrogen-bond donors (Lipinski definition) is 3. The molecule has 2 amide bonds. The summed E-state index contributed by atoms with van der Waals surface area (Å²) < 4.78 is 5.43. The van der Waals surface area contributed by atoms with Gasteiger partial charge in [0.2, 0.25) is 0 Å². The Balaban J connectivity index is 1.88. The van der Waals surface area contributed by atoms with E-state index in [1.165, 1.54) is 5.56 Å². The van der Waals surface area contributed by atoms with E-state index in [0.29, 0.717) is 12.3 Å². The molecule has 3 N–H and O–H groups in total. The Morgan fingerprint density at radius 1 is 1.25 bits per heavy atom. The SMILES string of the molecule is CSc1cc(C)ccc1CNC(=O)NCC(C)(O)c1ccc(C)o1. The zero-order valence-corrected chi connectivity index (χ0v) is 15.3. The first-order valence-corrected chi connectivity index (χ1v) is 8.99. The maximum Gasteiger partial charge on any atom is 0.315 e. The van der Waals surface area contributed by atoms with E-state index < -0.39 is 5.60 Å². The second kappa shape index (κ2) is 7.77. The van der Waals surface area contributed by atoms with Crippen LogP contribution < -0.4 is 10.6 Å². The number of urea groups is 1. The maximum atomic E-state index is 12.0. The predicted octanol–water partition coefficient (Wildman–Crippen LogP) is 3.33. The van der Waals surface area contributed by atoms with Gasteiger partial charge in [-0.3, -0.25) is 0 Å². The number of aliphatic hydroxyl groups is 1. The molecule has 1 atom stereocenters. The van der Waals surface area contributed by atoms with Crippen LogP contribution in [0.5, 0.6) is 0 Å². The smallest absolute Gasteiger partial charge is 0.315 e. The van der Waals surface area contributed by atoms with E-state index in [0.717, 1.165) is 16.2 Å². The summed E-state index contributed by atoms with van der Waals surface area (Å²) in [4.78, 5) is 13.1. The summed E-state index contributed by atoms with van der Waals surface area (Å²) in [6.45, 7) is 5.96. The summed E-state index contributed by atoms with van der Waals surface area (Å²) in [6, 6.07) is 9.31. The van der Waals surface area contributed by atoms with E-state index in [1.807, 2.05) is 32.2 Å². The van der Waals surface area contributed by atoms with Crippen molar-refractivity contribution in [1.29, 1.82) is 0 Å². The summed E-state index contributed by atoms with van der Waals surface area (Å²) in [6.07, 6.45) is 2.01. The third-order valence-electron chi connectivity index (χ3n) is 3.75. The third-order valence-corrected chi connectivity index (χ3v) is 4.57.